The van der Waals surface area contributed by atoms with Gasteiger partial charge in [0.15, 0.2) is 0 Å². The number of ether oxygens (including phenoxy) is 2. The summed E-state index contributed by atoms with van der Waals surface area (Å²) in [5.74, 6) is 2.18. The summed E-state index contributed by atoms with van der Waals surface area (Å²) in [5, 5.41) is 3.44. The lowest BCUT2D eigenvalue weighted by molar-refractivity contribution is -0.130. The lowest BCUT2D eigenvalue weighted by atomic mass is 10.1. The van der Waals surface area contributed by atoms with Crippen LogP contribution in [0.4, 0.5) is 0 Å². The van der Waals surface area contributed by atoms with E-state index in [4.69, 9.17) is 9.47 Å². The van der Waals surface area contributed by atoms with Gasteiger partial charge in [0.25, 0.3) is 0 Å². The zero-order chi connectivity index (χ0) is 16.9. The van der Waals surface area contributed by atoms with Crippen molar-refractivity contribution in [1.82, 2.24) is 10.2 Å². The molecule has 0 aliphatic carbocycles. The molecule has 0 saturated carbocycles. The van der Waals surface area contributed by atoms with Gasteiger partial charge in [-0.2, -0.15) is 0 Å². The maximum atomic E-state index is 12.0. The van der Waals surface area contributed by atoms with Crippen LogP contribution >= 0.6 is 0 Å². The Bertz CT molecular complexity index is 588. The van der Waals surface area contributed by atoms with Crippen molar-refractivity contribution in [3.8, 4) is 11.5 Å². The lowest BCUT2D eigenvalue weighted by Crippen LogP contribution is -2.36. The van der Waals surface area contributed by atoms with E-state index in [-0.39, 0.29) is 6.10 Å². The molecule has 0 radical (unpaired) electrons. The van der Waals surface area contributed by atoms with Crippen molar-refractivity contribution in [2.75, 3.05) is 26.7 Å². The molecule has 2 aliphatic rings. The van der Waals surface area contributed by atoms with Crippen molar-refractivity contribution >= 4 is 5.91 Å². The van der Waals surface area contributed by atoms with E-state index in [1.807, 2.05) is 4.90 Å². The largest absolute Gasteiger partial charge is 0.496 e. The van der Waals surface area contributed by atoms with Gasteiger partial charge in [-0.1, -0.05) is 6.42 Å². The average molecular weight is 332 g/mol. The Kier molecular flexibility index (Phi) is 5.61. The molecule has 0 bridgehead atoms. The second-order valence-corrected chi connectivity index (χ2v) is 6.77. The van der Waals surface area contributed by atoms with Crippen molar-refractivity contribution in [3.63, 3.8) is 0 Å². The molecule has 1 aromatic carbocycles. The van der Waals surface area contributed by atoms with E-state index in [1.165, 1.54) is 12.0 Å². The van der Waals surface area contributed by atoms with E-state index in [1.54, 1.807) is 7.11 Å². The van der Waals surface area contributed by atoms with Crippen LogP contribution in [0.3, 0.4) is 0 Å². The van der Waals surface area contributed by atoms with Gasteiger partial charge in [0, 0.05) is 50.1 Å². The minimum Gasteiger partial charge on any atom is -0.496 e. The van der Waals surface area contributed by atoms with E-state index in [9.17, 15) is 4.79 Å². The standard InChI is InChI=1S/C19H28N2O3/c1-14-10-15-11-17(23-2)16(12-18(15)24-14)13-20-7-9-21-8-5-3-4-6-19(21)22/h11-12,14,20H,3-10,13H2,1-2H3. The molecule has 1 aromatic rings. The summed E-state index contributed by atoms with van der Waals surface area (Å²) in [6, 6.07) is 4.18. The summed E-state index contributed by atoms with van der Waals surface area (Å²) in [6.45, 7) is 5.27. The Hall–Kier alpha value is -1.75. The maximum Gasteiger partial charge on any atom is 0.222 e. The quantitative estimate of drug-likeness (QED) is 0.813. The highest BCUT2D eigenvalue weighted by Crippen LogP contribution is 2.34. The Balaban J connectivity index is 1.53. The molecule has 24 heavy (non-hydrogen) atoms. The molecule has 1 fully saturated rings. The number of rotatable bonds is 6. The van der Waals surface area contributed by atoms with Gasteiger partial charge in [-0.3, -0.25) is 4.79 Å². The molecule has 0 aromatic heterocycles. The Morgan fingerprint density at radius 3 is 3.04 bits per heavy atom. The first kappa shape index (κ1) is 17.1. The van der Waals surface area contributed by atoms with Gasteiger partial charge in [0.1, 0.15) is 17.6 Å². The summed E-state index contributed by atoms with van der Waals surface area (Å²) in [7, 11) is 1.71. The zero-order valence-electron chi connectivity index (χ0n) is 14.8. The van der Waals surface area contributed by atoms with Gasteiger partial charge in [-0.25, -0.2) is 0 Å². The summed E-state index contributed by atoms with van der Waals surface area (Å²) in [5.41, 5.74) is 2.32. The van der Waals surface area contributed by atoms with E-state index < -0.39 is 0 Å². The van der Waals surface area contributed by atoms with Gasteiger partial charge in [0.05, 0.1) is 7.11 Å². The molecule has 0 spiro atoms. The second kappa shape index (κ2) is 7.88. The third-order valence-electron chi connectivity index (χ3n) is 4.84. The summed E-state index contributed by atoms with van der Waals surface area (Å²) in [6.07, 6.45) is 5.21. The van der Waals surface area contributed by atoms with Crippen LogP contribution in [0, 0.1) is 0 Å². The fourth-order valence-corrected chi connectivity index (χ4v) is 3.52. The van der Waals surface area contributed by atoms with E-state index in [2.05, 4.69) is 24.4 Å². The number of methoxy groups -OCH3 is 1. The molecule has 5 heteroatoms. The molecule has 5 nitrogen and oxygen atoms in total. The number of nitrogens with zero attached hydrogens (tertiary/aromatic N) is 1. The predicted octanol–water partition coefficient (Wildman–Crippen LogP) is 2.51. The zero-order valence-corrected chi connectivity index (χ0v) is 14.8. The van der Waals surface area contributed by atoms with Gasteiger partial charge >= 0.3 is 0 Å². The number of hydrogen-bond acceptors (Lipinski definition) is 4. The van der Waals surface area contributed by atoms with Gasteiger partial charge < -0.3 is 19.7 Å². The number of amides is 1. The third kappa shape index (κ3) is 4.01. The molecule has 2 heterocycles. The molecule has 1 atom stereocenters. The van der Waals surface area contributed by atoms with E-state index in [0.717, 1.165) is 62.5 Å². The smallest absolute Gasteiger partial charge is 0.222 e. The van der Waals surface area contributed by atoms with Crippen molar-refractivity contribution in [1.29, 1.82) is 0 Å². The molecule has 3 rings (SSSR count). The summed E-state index contributed by atoms with van der Waals surface area (Å²) in [4.78, 5) is 14.0. The topological polar surface area (TPSA) is 50.8 Å². The Morgan fingerprint density at radius 2 is 2.21 bits per heavy atom. The van der Waals surface area contributed by atoms with Gasteiger partial charge in [-0.05, 0) is 31.9 Å². The fraction of sp³-hybridized carbons (Fsp3) is 0.632. The first-order chi connectivity index (χ1) is 11.7. The number of hydrogen-bond donors (Lipinski definition) is 1. The SMILES string of the molecule is COc1cc2c(cc1CNCCN1CCCCCC1=O)OC(C)C2. The first-order valence-electron chi connectivity index (χ1n) is 9.02. The number of carbonyl (C=O) groups excluding carboxylic acids is 1. The van der Waals surface area contributed by atoms with Crippen LogP contribution in [-0.4, -0.2) is 43.7 Å². The van der Waals surface area contributed by atoms with Crippen LogP contribution in [0.15, 0.2) is 12.1 Å². The van der Waals surface area contributed by atoms with Crippen LogP contribution in [0.1, 0.15) is 43.7 Å². The number of fused-ring (bicyclic) bond motifs is 1. The highest BCUT2D eigenvalue weighted by atomic mass is 16.5. The highest BCUT2D eigenvalue weighted by molar-refractivity contribution is 5.76. The highest BCUT2D eigenvalue weighted by Gasteiger charge is 2.21. The molecule has 1 amide bonds. The Morgan fingerprint density at radius 1 is 1.33 bits per heavy atom. The van der Waals surface area contributed by atoms with Crippen LogP contribution in [0.5, 0.6) is 11.5 Å². The fourth-order valence-electron chi connectivity index (χ4n) is 3.52. The molecule has 1 unspecified atom stereocenters. The Labute approximate surface area is 144 Å². The molecule has 1 saturated heterocycles. The van der Waals surface area contributed by atoms with Gasteiger partial charge in [-0.15, -0.1) is 0 Å². The summed E-state index contributed by atoms with van der Waals surface area (Å²) < 4.78 is 11.4. The van der Waals surface area contributed by atoms with Crippen molar-refractivity contribution in [3.05, 3.63) is 23.3 Å². The minimum atomic E-state index is 0.238. The molecular formula is C19H28N2O3. The molecule has 1 N–H and O–H groups in total. The average Bonchev–Trinajstić information content (AvgIpc) is 2.80. The third-order valence-corrected chi connectivity index (χ3v) is 4.84. The van der Waals surface area contributed by atoms with Crippen LogP contribution in [0.25, 0.3) is 0 Å². The van der Waals surface area contributed by atoms with Crippen LogP contribution < -0.4 is 14.8 Å². The molecule has 2 aliphatic heterocycles. The predicted molar refractivity (Wildman–Crippen MR) is 93.5 cm³/mol. The first-order valence-corrected chi connectivity index (χ1v) is 9.02. The number of benzene rings is 1. The number of likely N-dealkylation sites (tertiary alicyclic amines) is 1. The molecule has 132 valence electrons. The van der Waals surface area contributed by atoms with E-state index >= 15 is 0 Å². The minimum absolute atomic E-state index is 0.238. The summed E-state index contributed by atoms with van der Waals surface area (Å²) >= 11 is 0. The van der Waals surface area contributed by atoms with Gasteiger partial charge in [0.2, 0.25) is 5.91 Å². The van der Waals surface area contributed by atoms with Crippen LogP contribution in [-0.2, 0) is 17.8 Å². The number of nitrogens with one attached hydrogen (secondary N) is 1. The lowest BCUT2D eigenvalue weighted by Gasteiger charge is -2.21. The normalized spacial score (nSPS) is 20.5. The van der Waals surface area contributed by atoms with Crippen molar-refractivity contribution in [2.45, 2.75) is 51.7 Å². The van der Waals surface area contributed by atoms with E-state index in [0.29, 0.717) is 12.3 Å². The number of carbonyl (C=O) groups is 1. The van der Waals surface area contributed by atoms with Crippen LogP contribution in [0.2, 0.25) is 0 Å². The molecular weight excluding hydrogens is 304 g/mol. The maximum absolute atomic E-state index is 12.0. The van der Waals surface area contributed by atoms with Crippen molar-refractivity contribution < 1.29 is 14.3 Å². The second-order valence-electron chi connectivity index (χ2n) is 6.77. The van der Waals surface area contributed by atoms with Crippen molar-refractivity contribution in [2.24, 2.45) is 0 Å². The monoisotopic (exact) mass is 332 g/mol.